The van der Waals surface area contributed by atoms with Crippen molar-refractivity contribution in [2.45, 2.75) is 26.8 Å². The third-order valence-corrected chi connectivity index (χ3v) is 6.14. The summed E-state index contributed by atoms with van der Waals surface area (Å²) in [4.78, 5) is 23.4. The topological polar surface area (TPSA) is 65.4 Å². The van der Waals surface area contributed by atoms with Gasteiger partial charge < -0.3 is 14.1 Å². The van der Waals surface area contributed by atoms with Gasteiger partial charge in [0.05, 0.1) is 23.4 Å². The van der Waals surface area contributed by atoms with Crippen LogP contribution in [0.5, 0.6) is 5.75 Å². The van der Waals surface area contributed by atoms with Gasteiger partial charge in [-0.2, -0.15) is 0 Å². The second-order valence-corrected chi connectivity index (χ2v) is 9.19. The van der Waals surface area contributed by atoms with Crippen molar-refractivity contribution in [1.29, 1.82) is 0 Å². The smallest absolute Gasteiger partial charge is 0.383 e. The molecule has 36 heavy (non-hydrogen) atoms. The van der Waals surface area contributed by atoms with Crippen LogP contribution in [-0.2, 0) is 4.84 Å². The molecule has 9 heteroatoms. The van der Waals surface area contributed by atoms with Crippen LogP contribution < -0.4 is 10.2 Å². The van der Waals surface area contributed by atoms with Crippen LogP contribution in [-0.4, -0.2) is 22.6 Å². The van der Waals surface area contributed by atoms with Crippen LogP contribution in [0.15, 0.2) is 60.7 Å². The van der Waals surface area contributed by atoms with Gasteiger partial charge in [0.15, 0.2) is 11.5 Å². The molecule has 0 saturated heterocycles. The fourth-order valence-electron chi connectivity index (χ4n) is 3.98. The minimum Gasteiger partial charge on any atom is -0.496 e. The molecule has 1 aromatic heterocycles. The third-order valence-electron chi connectivity index (χ3n) is 5.62. The van der Waals surface area contributed by atoms with E-state index in [9.17, 15) is 9.18 Å². The quantitative estimate of drug-likeness (QED) is 0.249. The molecular formula is C27H24Cl2FN3O3. The molecule has 4 rings (SSSR count). The number of nitrogens with one attached hydrogen (secondary N) is 1. The minimum absolute atomic E-state index is 0.0463. The van der Waals surface area contributed by atoms with Crippen LogP contribution in [0.25, 0.3) is 22.6 Å². The molecule has 0 saturated carbocycles. The zero-order valence-corrected chi connectivity index (χ0v) is 21.6. The SMILES string of the molecule is COc1ccccc1-c1nc(C(=O)ONc2cccc(Cl)c2F)c(-c2ccc(Cl)cc2C)n1C(C)C. The fourth-order valence-corrected chi connectivity index (χ4v) is 4.38. The number of ether oxygens (including phenoxy) is 1. The molecule has 186 valence electrons. The molecule has 6 nitrogen and oxygen atoms in total. The van der Waals surface area contributed by atoms with E-state index >= 15 is 0 Å². The summed E-state index contributed by atoms with van der Waals surface area (Å²) in [7, 11) is 1.57. The molecule has 1 N–H and O–H groups in total. The fraction of sp³-hybridized carbons (Fsp3) is 0.185. The van der Waals surface area contributed by atoms with Gasteiger partial charge in [-0.1, -0.05) is 47.5 Å². The summed E-state index contributed by atoms with van der Waals surface area (Å²) in [6.07, 6.45) is 0. The summed E-state index contributed by atoms with van der Waals surface area (Å²) in [5, 5.41) is 0.468. The largest absolute Gasteiger partial charge is 0.496 e. The molecule has 0 bridgehead atoms. The first kappa shape index (κ1) is 25.5. The molecule has 0 unspecified atom stereocenters. The number of benzene rings is 3. The number of hydrogen-bond acceptors (Lipinski definition) is 5. The molecular weight excluding hydrogens is 504 g/mol. The summed E-state index contributed by atoms with van der Waals surface area (Å²) in [5.41, 5.74) is 5.18. The standard InChI is InChI=1S/C27H24Cl2FN3O3/c1-15(2)33-25(18-13-12-17(28)14-16(18)3)24(31-26(33)19-8-5-6-11-22(19)35-4)27(34)36-32-21-10-7-9-20(29)23(21)30/h5-15,32H,1-4H3. The highest BCUT2D eigenvalue weighted by Crippen LogP contribution is 2.38. The maximum absolute atomic E-state index is 14.3. The normalized spacial score (nSPS) is 11.0. The Balaban J connectivity index is 1.89. The summed E-state index contributed by atoms with van der Waals surface area (Å²) >= 11 is 12.1. The molecule has 0 aliphatic rings. The van der Waals surface area contributed by atoms with Crippen LogP contribution in [0.2, 0.25) is 10.0 Å². The second kappa shape index (κ2) is 10.6. The number of rotatable bonds is 7. The highest BCUT2D eigenvalue weighted by molar-refractivity contribution is 6.31. The van der Waals surface area contributed by atoms with Crippen LogP contribution >= 0.6 is 23.2 Å². The average Bonchev–Trinajstić information content (AvgIpc) is 3.25. The highest BCUT2D eigenvalue weighted by atomic mass is 35.5. The van der Waals surface area contributed by atoms with Crippen LogP contribution in [0.3, 0.4) is 0 Å². The maximum atomic E-state index is 14.3. The van der Waals surface area contributed by atoms with Crippen molar-refractivity contribution in [3.63, 3.8) is 0 Å². The van der Waals surface area contributed by atoms with Gasteiger partial charge in [0, 0.05) is 16.6 Å². The number of imidazole rings is 1. The summed E-state index contributed by atoms with van der Waals surface area (Å²) in [6, 6.07) is 17.1. The number of aromatic nitrogens is 2. The lowest BCUT2D eigenvalue weighted by Crippen LogP contribution is -2.14. The van der Waals surface area contributed by atoms with E-state index in [1.54, 1.807) is 13.2 Å². The van der Waals surface area contributed by atoms with E-state index in [4.69, 9.17) is 37.8 Å². The molecule has 3 aromatic carbocycles. The molecule has 0 radical (unpaired) electrons. The number of halogens is 3. The van der Waals surface area contributed by atoms with E-state index in [1.807, 2.05) is 61.7 Å². The Morgan fingerprint density at radius 1 is 1.06 bits per heavy atom. The Bertz CT molecular complexity index is 1440. The summed E-state index contributed by atoms with van der Waals surface area (Å²) in [6.45, 7) is 5.88. The monoisotopic (exact) mass is 527 g/mol. The van der Waals surface area contributed by atoms with E-state index in [1.165, 1.54) is 18.2 Å². The number of carbonyl (C=O) groups is 1. The molecule has 0 spiro atoms. The predicted octanol–water partition coefficient (Wildman–Crippen LogP) is 7.74. The van der Waals surface area contributed by atoms with Gasteiger partial charge in [0.2, 0.25) is 0 Å². The van der Waals surface area contributed by atoms with Gasteiger partial charge in [0.1, 0.15) is 17.3 Å². The molecule has 0 aliphatic heterocycles. The van der Waals surface area contributed by atoms with Crippen LogP contribution in [0, 0.1) is 12.7 Å². The summed E-state index contributed by atoms with van der Waals surface area (Å²) in [5.74, 6) is -0.409. The predicted molar refractivity (Wildman–Crippen MR) is 140 cm³/mol. The van der Waals surface area contributed by atoms with Crippen molar-refractivity contribution in [2.75, 3.05) is 12.6 Å². The lowest BCUT2D eigenvalue weighted by atomic mass is 10.0. The molecule has 0 atom stereocenters. The maximum Gasteiger partial charge on any atom is 0.383 e. The van der Waals surface area contributed by atoms with Gasteiger partial charge in [-0.05, 0) is 62.7 Å². The second-order valence-electron chi connectivity index (χ2n) is 8.35. The van der Waals surface area contributed by atoms with Gasteiger partial charge in [-0.3, -0.25) is 0 Å². The first-order chi connectivity index (χ1) is 17.2. The van der Waals surface area contributed by atoms with E-state index < -0.39 is 11.8 Å². The molecule has 0 amide bonds. The Morgan fingerprint density at radius 3 is 2.50 bits per heavy atom. The Hall–Kier alpha value is -3.55. The zero-order chi connectivity index (χ0) is 26.0. The van der Waals surface area contributed by atoms with Crippen molar-refractivity contribution < 1.29 is 18.8 Å². The van der Waals surface area contributed by atoms with Crippen LogP contribution in [0.1, 0.15) is 35.9 Å². The van der Waals surface area contributed by atoms with Crippen LogP contribution in [0.4, 0.5) is 10.1 Å². The van der Waals surface area contributed by atoms with Crippen molar-refractivity contribution in [3.05, 3.63) is 87.8 Å². The molecule has 0 aliphatic carbocycles. The van der Waals surface area contributed by atoms with E-state index in [-0.39, 0.29) is 22.4 Å². The Labute approximate surface area is 218 Å². The number of nitrogens with zero attached hydrogens (tertiary/aromatic N) is 2. The van der Waals surface area contributed by atoms with Crippen molar-refractivity contribution in [1.82, 2.24) is 9.55 Å². The van der Waals surface area contributed by atoms with E-state index in [0.717, 1.165) is 11.1 Å². The first-order valence-corrected chi connectivity index (χ1v) is 11.9. The lowest BCUT2D eigenvalue weighted by Gasteiger charge is -2.19. The van der Waals surface area contributed by atoms with Crippen molar-refractivity contribution in [2.24, 2.45) is 0 Å². The zero-order valence-electron chi connectivity index (χ0n) is 20.1. The highest BCUT2D eigenvalue weighted by Gasteiger charge is 2.29. The minimum atomic E-state index is -0.797. The number of aryl methyl sites for hydroxylation is 1. The number of methoxy groups -OCH3 is 1. The first-order valence-electron chi connectivity index (χ1n) is 11.2. The number of carbonyl (C=O) groups excluding carboxylic acids is 1. The van der Waals surface area contributed by atoms with E-state index in [0.29, 0.717) is 27.9 Å². The van der Waals surface area contributed by atoms with Gasteiger partial charge in [-0.15, -0.1) is 0 Å². The summed E-state index contributed by atoms with van der Waals surface area (Å²) < 4.78 is 21.9. The average molecular weight is 528 g/mol. The van der Waals surface area contributed by atoms with Crippen molar-refractivity contribution >= 4 is 34.9 Å². The molecule has 4 aromatic rings. The van der Waals surface area contributed by atoms with Crippen molar-refractivity contribution in [3.8, 4) is 28.4 Å². The van der Waals surface area contributed by atoms with Gasteiger partial charge in [0.25, 0.3) is 0 Å². The molecule has 1 heterocycles. The Morgan fingerprint density at radius 2 is 1.81 bits per heavy atom. The van der Waals surface area contributed by atoms with Gasteiger partial charge >= 0.3 is 5.97 Å². The third kappa shape index (κ3) is 4.90. The number of hydrogen-bond donors (Lipinski definition) is 1. The number of para-hydroxylation sites is 1. The lowest BCUT2D eigenvalue weighted by molar-refractivity contribution is 0.0590. The molecule has 0 fully saturated rings. The number of anilines is 1. The Kier molecular flexibility index (Phi) is 7.52. The van der Waals surface area contributed by atoms with E-state index in [2.05, 4.69) is 5.48 Å². The van der Waals surface area contributed by atoms with Gasteiger partial charge in [-0.25, -0.2) is 19.6 Å².